The van der Waals surface area contributed by atoms with Crippen LogP contribution < -0.4 is 0 Å². The van der Waals surface area contributed by atoms with Crippen LogP contribution in [0.4, 0.5) is 0 Å². The van der Waals surface area contributed by atoms with E-state index in [4.69, 9.17) is 0 Å². The van der Waals surface area contributed by atoms with Gasteiger partial charge in [-0.2, -0.15) is 0 Å². The van der Waals surface area contributed by atoms with Crippen molar-refractivity contribution in [2.24, 2.45) is 0 Å². The molecular formula is C44H28. The van der Waals surface area contributed by atoms with Gasteiger partial charge in [-0.05, 0) is 105 Å². The quantitative estimate of drug-likeness (QED) is 0.190. The maximum Gasteiger partial charge on any atom is -0.00928 e. The second-order valence-electron chi connectivity index (χ2n) is 11.7. The Kier molecular flexibility index (Phi) is 5.61. The van der Waals surface area contributed by atoms with E-state index in [1.807, 2.05) is 0 Å². The molecule has 204 valence electrons. The third kappa shape index (κ3) is 3.92. The van der Waals surface area contributed by atoms with Gasteiger partial charge >= 0.3 is 0 Å². The molecule has 9 aromatic carbocycles. The summed E-state index contributed by atoms with van der Waals surface area (Å²) in [6.07, 6.45) is 0. The fourth-order valence-electron chi connectivity index (χ4n) is 7.11. The van der Waals surface area contributed by atoms with E-state index >= 15 is 0 Å². The zero-order valence-corrected chi connectivity index (χ0v) is 24.2. The molecule has 0 aliphatic heterocycles. The van der Waals surface area contributed by atoms with Gasteiger partial charge in [0.15, 0.2) is 0 Å². The van der Waals surface area contributed by atoms with Crippen LogP contribution in [0.25, 0.3) is 87.2 Å². The molecule has 0 radical (unpaired) electrons. The first kappa shape index (κ1) is 24.8. The van der Waals surface area contributed by atoms with E-state index in [-0.39, 0.29) is 0 Å². The highest BCUT2D eigenvalue weighted by molar-refractivity contribution is 6.25. The number of benzene rings is 9. The predicted molar refractivity (Wildman–Crippen MR) is 190 cm³/mol. The second-order valence-corrected chi connectivity index (χ2v) is 11.7. The van der Waals surface area contributed by atoms with Crippen LogP contribution in [0.3, 0.4) is 0 Å². The lowest BCUT2D eigenvalue weighted by atomic mass is 9.90. The number of fused-ring (bicyclic) bond motifs is 8. The lowest BCUT2D eigenvalue weighted by Crippen LogP contribution is -1.88. The van der Waals surface area contributed by atoms with E-state index < -0.39 is 0 Å². The minimum absolute atomic E-state index is 1.22. The van der Waals surface area contributed by atoms with Gasteiger partial charge in [0.25, 0.3) is 0 Å². The third-order valence-electron chi connectivity index (χ3n) is 9.24. The molecule has 0 unspecified atom stereocenters. The van der Waals surface area contributed by atoms with E-state index in [0.29, 0.717) is 0 Å². The van der Waals surface area contributed by atoms with Crippen molar-refractivity contribution in [3.63, 3.8) is 0 Å². The van der Waals surface area contributed by atoms with Crippen LogP contribution in [-0.4, -0.2) is 0 Å². The summed E-state index contributed by atoms with van der Waals surface area (Å²) in [7, 11) is 0. The van der Waals surface area contributed by atoms with Gasteiger partial charge in [-0.3, -0.25) is 0 Å². The van der Waals surface area contributed by atoms with E-state index in [1.54, 1.807) is 0 Å². The van der Waals surface area contributed by atoms with Gasteiger partial charge in [0, 0.05) is 0 Å². The molecule has 0 aliphatic carbocycles. The summed E-state index contributed by atoms with van der Waals surface area (Å²) in [6, 6.07) is 62.3. The van der Waals surface area contributed by atoms with Crippen LogP contribution in [0.5, 0.6) is 0 Å². The summed E-state index contributed by atoms with van der Waals surface area (Å²) in [5.74, 6) is 0. The van der Waals surface area contributed by atoms with Gasteiger partial charge in [-0.25, -0.2) is 0 Å². The van der Waals surface area contributed by atoms with Crippen LogP contribution in [0.15, 0.2) is 170 Å². The molecule has 0 aliphatic rings. The van der Waals surface area contributed by atoms with Gasteiger partial charge < -0.3 is 0 Å². The molecule has 0 aromatic heterocycles. The van der Waals surface area contributed by atoms with E-state index in [2.05, 4.69) is 170 Å². The molecule has 0 amide bonds. The van der Waals surface area contributed by atoms with Crippen molar-refractivity contribution in [2.75, 3.05) is 0 Å². The molecule has 9 aromatic rings. The van der Waals surface area contributed by atoms with Gasteiger partial charge in [0.05, 0.1) is 0 Å². The number of rotatable bonds is 3. The molecule has 0 saturated carbocycles. The maximum absolute atomic E-state index is 2.37. The molecule has 0 nitrogen and oxygen atoms in total. The van der Waals surface area contributed by atoms with Crippen molar-refractivity contribution in [2.45, 2.75) is 0 Å². The summed E-state index contributed by atoms with van der Waals surface area (Å²) < 4.78 is 0. The zero-order valence-electron chi connectivity index (χ0n) is 24.2. The first-order valence-electron chi connectivity index (χ1n) is 15.3. The molecule has 0 heteroatoms. The Hall–Kier alpha value is -5.72. The Morgan fingerprint density at radius 2 is 0.682 bits per heavy atom. The van der Waals surface area contributed by atoms with Crippen molar-refractivity contribution >= 4 is 53.9 Å². The highest BCUT2D eigenvalue weighted by Crippen LogP contribution is 2.39. The topological polar surface area (TPSA) is 0 Å². The largest absolute Gasteiger partial charge is 0.0616 e. The average molecular weight is 557 g/mol. The molecule has 9 rings (SSSR count). The summed E-state index contributed by atoms with van der Waals surface area (Å²) >= 11 is 0. The van der Waals surface area contributed by atoms with E-state index in [1.165, 1.54) is 87.2 Å². The highest BCUT2D eigenvalue weighted by Gasteiger charge is 2.12. The van der Waals surface area contributed by atoms with Crippen LogP contribution in [-0.2, 0) is 0 Å². The molecule has 0 heterocycles. The first-order chi connectivity index (χ1) is 21.8. The molecular weight excluding hydrogens is 528 g/mol. The molecule has 0 fully saturated rings. The normalized spacial score (nSPS) is 11.6. The number of hydrogen-bond acceptors (Lipinski definition) is 0. The standard InChI is InChI=1S/C44H28/c1-3-13-35-30(10-1)12-9-19-37(35)34-26-33-11-2-4-14-36(33)43(28-34)31-22-20-29(21-23-31)32-24-25-42-40-17-6-5-15-38(40)39-16-7-8-18-41(39)44(42)27-32/h1-28H. The highest BCUT2D eigenvalue weighted by atomic mass is 14.2. The molecule has 44 heavy (non-hydrogen) atoms. The Labute approximate surface area is 256 Å². The SMILES string of the molecule is c1ccc2c(-c3cc(-c4ccc(-c5ccc6c7ccccc7c7ccccc7c6c5)cc4)c4ccccc4c3)cccc2c1. The Morgan fingerprint density at radius 3 is 1.36 bits per heavy atom. The number of hydrogen-bond donors (Lipinski definition) is 0. The average Bonchev–Trinajstić information content (AvgIpc) is 3.11. The molecule has 0 saturated heterocycles. The van der Waals surface area contributed by atoms with Crippen molar-refractivity contribution in [3.8, 4) is 33.4 Å². The molecule has 0 bridgehead atoms. The minimum Gasteiger partial charge on any atom is -0.0616 e. The Morgan fingerprint density at radius 1 is 0.205 bits per heavy atom. The minimum atomic E-state index is 1.22. The summed E-state index contributed by atoms with van der Waals surface area (Å²) in [6.45, 7) is 0. The molecule has 0 atom stereocenters. The Balaban J connectivity index is 1.18. The summed E-state index contributed by atoms with van der Waals surface area (Å²) in [5, 5.41) is 12.9. The van der Waals surface area contributed by atoms with E-state index in [9.17, 15) is 0 Å². The third-order valence-corrected chi connectivity index (χ3v) is 9.24. The zero-order chi connectivity index (χ0) is 29.0. The van der Waals surface area contributed by atoms with Crippen LogP contribution in [0, 0.1) is 0 Å². The smallest absolute Gasteiger partial charge is 0.00928 e. The monoisotopic (exact) mass is 556 g/mol. The second kappa shape index (κ2) is 9.93. The maximum atomic E-state index is 2.37. The van der Waals surface area contributed by atoms with Gasteiger partial charge in [0.1, 0.15) is 0 Å². The van der Waals surface area contributed by atoms with Crippen molar-refractivity contribution in [1.29, 1.82) is 0 Å². The summed E-state index contributed by atoms with van der Waals surface area (Å²) in [5.41, 5.74) is 7.45. The lowest BCUT2D eigenvalue weighted by Gasteiger charge is -2.14. The predicted octanol–water partition coefficient (Wildman–Crippen LogP) is 12.5. The van der Waals surface area contributed by atoms with Gasteiger partial charge in [-0.15, -0.1) is 0 Å². The fourth-order valence-corrected chi connectivity index (χ4v) is 7.11. The van der Waals surface area contributed by atoms with Crippen molar-refractivity contribution in [1.82, 2.24) is 0 Å². The first-order valence-corrected chi connectivity index (χ1v) is 15.3. The van der Waals surface area contributed by atoms with Crippen molar-refractivity contribution in [3.05, 3.63) is 170 Å². The van der Waals surface area contributed by atoms with Crippen LogP contribution in [0.1, 0.15) is 0 Å². The summed E-state index contributed by atoms with van der Waals surface area (Å²) in [4.78, 5) is 0. The molecule has 0 spiro atoms. The lowest BCUT2D eigenvalue weighted by molar-refractivity contribution is 1.61. The van der Waals surface area contributed by atoms with Crippen LogP contribution in [0.2, 0.25) is 0 Å². The Bertz CT molecular complexity index is 2490. The van der Waals surface area contributed by atoms with E-state index in [0.717, 1.165) is 0 Å². The van der Waals surface area contributed by atoms with Gasteiger partial charge in [-0.1, -0.05) is 152 Å². The van der Waals surface area contributed by atoms with Crippen molar-refractivity contribution < 1.29 is 0 Å². The fraction of sp³-hybridized carbons (Fsp3) is 0. The molecule has 0 N–H and O–H groups in total. The van der Waals surface area contributed by atoms with Crippen LogP contribution >= 0.6 is 0 Å². The van der Waals surface area contributed by atoms with Gasteiger partial charge in [0.2, 0.25) is 0 Å².